The monoisotopic (exact) mass is 454 g/mol. The highest BCUT2D eigenvalue weighted by Crippen LogP contribution is 2.39. The van der Waals surface area contributed by atoms with Gasteiger partial charge in [-0.1, -0.05) is 30.4 Å². The van der Waals surface area contributed by atoms with Gasteiger partial charge in [0.05, 0.1) is 17.0 Å². The Kier molecular flexibility index (Phi) is 6.63. The number of benzene rings is 2. The Balaban J connectivity index is 2.54. The summed E-state index contributed by atoms with van der Waals surface area (Å²) < 4.78 is 120. The van der Waals surface area contributed by atoms with Crippen molar-refractivity contribution in [1.29, 1.82) is 0 Å². The standard InChI is InChI=1S/C21H15F9O/c1-11(31)14-6-3-12(9-16(14)20(25,26)27)4-7-15(19(2,23)24)13-5-8-18(22)17(10-13)21(28,29)30/h3-10,15H,1-2H3/b7-4+. The maximum atomic E-state index is 14.1. The van der Waals surface area contributed by atoms with E-state index in [9.17, 15) is 44.3 Å². The van der Waals surface area contributed by atoms with Crippen LogP contribution in [0.4, 0.5) is 39.5 Å². The van der Waals surface area contributed by atoms with Crippen LogP contribution in [-0.4, -0.2) is 11.7 Å². The van der Waals surface area contributed by atoms with Crippen LogP contribution in [0.5, 0.6) is 0 Å². The number of hydrogen-bond donors (Lipinski definition) is 0. The van der Waals surface area contributed by atoms with Crippen LogP contribution in [0.25, 0.3) is 6.08 Å². The quantitative estimate of drug-likeness (QED) is 0.337. The van der Waals surface area contributed by atoms with Gasteiger partial charge in [0.1, 0.15) is 5.82 Å². The Bertz CT molecular complexity index is 995. The molecule has 168 valence electrons. The molecule has 0 aromatic heterocycles. The molecular formula is C21H15F9O. The van der Waals surface area contributed by atoms with Crippen molar-refractivity contribution in [3.8, 4) is 0 Å². The summed E-state index contributed by atoms with van der Waals surface area (Å²) in [5.74, 6) is -8.11. The van der Waals surface area contributed by atoms with E-state index >= 15 is 0 Å². The summed E-state index contributed by atoms with van der Waals surface area (Å²) in [5, 5.41) is 0. The van der Waals surface area contributed by atoms with Crippen LogP contribution in [0.15, 0.2) is 42.5 Å². The normalized spacial score (nSPS) is 14.2. The molecule has 0 radical (unpaired) electrons. The van der Waals surface area contributed by atoms with Gasteiger partial charge in [-0.25, -0.2) is 13.2 Å². The first-order valence-electron chi connectivity index (χ1n) is 8.66. The number of halogens is 9. The topological polar surface area (TPSA) is 17.1 Å². The van der Waals surface area contributed by atoms with Crippen LogP contribution in [0, 0.1) is 5.82 Å². The molecule has 0 spiro atoms. The zero-order valence-electron chi connectivity index (χ0n) is 16.0. The molecule has 0 heterocycles. The Morgan fingerprint density at radius 3 is 1.94 bits per heavy atom. The number of ketones is 1. The van der Waals surface area contributed by atoms with Crippen LogP contribution < -0.4 is 0 Å². The molecule has 0 N–H and O–H groups in total. The Labute approximate surface area is 171 Å². The van der Waals surface area contributed by atoms with Crippen molar-refractivity contribution in [2.45, 2.75) is 38.0 Å². The fourth-order valence-corrected chi connectivity index (χ4v) is 2.94. The molecule has 0 saturated heterocycles. The zero-order valence-corrected chi connectivity index (χ0v) is 16.0. The van der Waals surface area contributed by atoms with Gasteiger partial charge < -0.3 is 0 Å². The van der Waals surface area contributed by atoms with Crippen molar-refractivity contribution < 1.29 is 44.3 Å². The predicted molar refractivity (Wildman–Crippen MR) is 95.2 cm³/mol. The minimum absolute atomic E-state index is 0.204. The van der Waals surface area contributed by atoms with Crippen molar-refractivity contribution in [1.82, 2.24) is 0 Å². The minimum Gasteiger partial charge on any atom is -0.294 e. The van der Waals surface area contributed by atoms with Crippen molar-refractivity contribution in [3.63, 3.8) is 0 Å². The molecular weight excluding hydrogens is 439 g/mol. The molecule has 2 aromatic rings. The van der Waals surface area contributed by atoms with Crippen LogP contribution in [-0.2, 0) is 12.4 Å². The van der Waals surface area contributed by atoms with E-state index in [1.54, 1.807) is 0 Å². The second-order valence-electron chi connectivity index (χ2n) is 6.89. The highest BCUT2D eigenvalue weighted by molar-refractivity contribution is 5.96. The van der Waals surface area contributed by atoms with Gasteiger partial charge in [-0.05, 0) is 36.2 Å². The maximum absolute atomic E-state index is 14.1. The average Bonchev–Trinajstić information content (AvgIpc) is 2.60. The maximum Gasteiger partial charge on any atom is 0.419 e. The summed E-state index contributed by atoms with van der Waals surface area (Å²) >= 11 is 0. The Morgan fingerprint density at radius 2 is 1.45 bits per heavy atom. The van der Waals surface area contributed by atoms with Gasteiger partial charge in [0, 0.05) is 12.5 Å². The summed E-state index contributed by atoms with van der Waals surface area (Å²) in [7, 11) is 0. The number of alkyl halides is 8. The van der Waals surface area contributed by atoms with E-state index in [4.69, 9.17) is 0 Å². The van der Waals surface area contributed by atoms with E-state index in [2.05, 4.69) is 0 Å². The zero-order chi connectivity index (χ0) is 23.8. The minimum atomic E-state index is -5.12. The van der Waals surface area contributed by atoms with Crippen LogP contribution in [0.1, 0.15) is 52.4 Å². The first kappa shape index (κ1) is 24.5. The lowest BCUT2D eigenvalue weighted by Crippen LogP contribution is -2.21. The van der Waals surface area contributed by atoms with Gasteiger partial charge in [-0.15, -0.1) is 0 Å². The SMILES string of the molecule is CC(=O)c1ccc(/C=C/C(c2ccc(F)c(C(F)(F)F)c2)C(C)(F)F)cc1C(F)(F)F. The van der Waals surface area contributed by atoms with Crippen molar-refractivity contribution in [2.24, 2.45) is 0 Å². The number of carbonyl (C=O) groups is 1. The summed E-state index contributed by atoms with van der Waals surface area (Å²) in [6, 6.07) is 3.92. The molecule has 31 heavy (non-hydrogen) atoms. The number of allylic oxidation sites excluding steroid dienone is 1. The Morgan fingerprint density at radius 1 is 0.871 bits per heavy atom. The number of carbonyl (C=O) groups excluding carboxylic acids is 1. The van der Waals surface area contributed by atoms with Gasteiger partial charge in [0.25, 0.3) is 5.92 Å². The molecule has 0 aliphatic heterocycles. The van der Waals surface area contributed by atoms with Gasteiger partial charge in [-0.2, -0.15) is 26.3 Å². The average molecular weight is 454 g/mol. The first-order chi connectivity index (χ1) is 14.0. The third kappa shape index (κ3) is 5.89. The largest absolute Gasteiger partial charge is 0.419 e. The van der Waals surface area contributed by atoms with E-state index in [-0.39, 0.29) is 11.6 Å². The van der Waals surface area contributed by atoms with Gasteiger partial charge in [0.2, 0.25) is 0 Å². The lowest BCUT2D eigenvalue weighted by atomic mass is 9.90. The fourth-order valence-electron chi connectivity index (χ4n) is 2.94. The van der Waals surface area contributed by atoms with Crippen LogP contribution in [0.2, 0.25) is 0 Å². The summed E-state index contributed by atoms with van der Waals surface area (Å²) in [6.07, 6.45) is -8.41. The highest BCUT2D eigenvalue weighted by atomic mass is 19.4. The lowest BCUT2D eigenvalue weighted by Gasteiger charge is -2.22. The van der Waals surface area contributed by atoms with Crippen LogP contribution >= 0.6 is 0 Å². The van der Waals surface area contributed by atoms with Crippen molar-refractivity contribution >= 4 is 11.9 Å². The first-order valence-corrected chi connectivity index (χ1v) is 8.66. The molecule has 1 nitrogen and oxygen atoms in total. The van der Waals surface area contributed by atoms with Gasteiger partial charge in [0.15, 0.2) is 5.78 Å². The van der Waals surface area contributed by atoms with Gasteiger partial charge in [-0.3, -0.25) is 4.79 Å². The van der Waals surface area contributed by atoms with Gasteiger partial charge >= 0.3 is 12.4 Å². The van der Waals surface area contributed by atoms with E-state index in [0.29, 0.717) is 19.1 Å². The van der Waals surface area contributed by atoms with E-state index in [1.165, 1.54) is 0 Å². The second-order valence-corrected chi connectivity index (χ2v) is 6.89. The molecule has 0 bridgehead atoms. The Hall–Kier alpha value is -2.78. The van der Waals surface area contributed by atoms with E-state index in [0.717, 1.165) is 37.3 Å². The molecule has 0 aliphatic carbocycles. The molecule has 0 aliphatic rings. The summed E-state index contributed by atoms with van der Waals surface area (Å²) in [6.45, 7) is 1.35. The molecule has 0 amide bonds. The fraction of sp³-hybridized carbons (Fsp3) is 0.286. The number of hydrogen-bond acceptors (Lipinski definition) is 1. The molecule has 0 saturated carbocycles. The summed E-state index contributed by atoms with van der Waals surface area (Å²) in [5.41, 5.74) is -4.41. The van der Waals surface area contributed by atoms with Crippen molar-refractivity contribution in [2.75, 3.05) is 0 Å². The molecule has 2 aromatic carbocycles. The van der Waals surface area contributed by atoms with E-state index in [1.807, 2.05) is 0 Å². The van der Waals surface area contributed by atoms with Crippen LogP contribution in [0.3, 0.4) is 0 Å². The smallest absolute Gasteiger partial charge is 0.294 e. The highest BCUT2D eigenvalue weighted by Gasteiger charge is 2.38. The third-order valence-electron chi connectivity index (χ3n) is 4.41. The number of Topliss-reactive ketones (excluding diaryl/α,β-unsaturated/α-hetero) is 1. The summed E-state index contributed by atoms with van der Waals surface area (Å²) in [4.78, 5) is 11.4. The predicted octanol–water partition coefficient (Wildman–Crippen LogP) is 7.52. The molecule has 1 atom stereocenters. The number of rotatable bonds is 5. The van der Waals surface area contributed by atoms with E-state index < -0.39 is 58.0 Å². The lowest BCUT2D eigenvalue weighted by molar-refractivity contribution is -0.140. The molecule has 1 unspecified atom stereocenters. The molecule has 2 rings (SSSR count). The third-order valence-corrected chi connectivity index (χ3v) is 4.41. The second kappa shape index (κ2) is 8.39. The molecule has 10 heteroatoms. The molecule has 0 fully saturated rings. The van der Waals surface area contributed by atoms with Crippen molar-refractivity contribution in [3.05, 3.63) is 76.1 Å².